The van der Waals surface area contributed by atoms with Gasteiger partial charge in [0.25, 0.3) is 11.8 Å². The van der Waals surface area contributed by atoms with E-state index in [0.717, 1.165) is 62.9 Å². The summed E-state index contributed by atoms with van der Waals surface area (Å²) in [6.45, 7) is 11.5. The second kappa shape index (κ2) is 18.3. The molecular formula is C32H48N2O4. The van der Waals surface area contributed by atoms with E-state index in [9.17, 15) is 9.59 Å². The summed E-state index contributed by atoms with van der Waals surface area (Å²) in [5.41, 5.74) is 1.32. The fourth-order valence-corrected chi connectivity index (χ4v) is 3.80. The SMILES string of the molecule is CC(C)CCOc1ccc(C(=O)NCCCCCCCCNC(=O)c2ccc(OCCC(C)C)cc2)cc1. The van der Waals surface area contributed by atoms with Crippen molar-refractivity contribution in [3.8, 4) is 11.5 Å². The molecule has 210 valence electrons. The van der Waals surface area contributed by atoms with Crippen LogP contribution in [0.2, 0.25) is 0 Å². The average molecular weight is 525 g/mol. The zero-order valence-electron chi connectivity index (χ0n) is 23.9. The van der Waals surface area contributed by atoms with Crippen LogP contribution >= 0.6 is 0 Å². The summed E-state index contributed by atoms with van der Waals surface area (Å²) in [7, 11) is 0. The van der Waals surface area contributed by atoms with Crippen LogP contribution in [0.15, 0.2) is 48.5 Å². The van der Waals surface area contributed by atoms with Crippen molar-refractivity contribution in [2.75, 3.05) is 26.3 Å². The van der Waals surface area contributed by atoms with E-state index < -0.39 is 0 Å². The molecule has 2 aromatic carbocycles. The van der Waals surface area contributed by atoms with Crippen molar-refractivity contribution in [3.63, 3.8) is 0 Å². The highest BCUT2D eigenvalue weighted by molar-refractivity contribution is 5.94. The first kappa shape index (κ1) is 31.2. The molecule has 2 N–H and O–H groups in total. The minimum Gasteiger partial charge on any atom is -0.494 e. The normalized spacial score (nSPS) is 11.0. The topological polar surface area (TPSA) is 76.7 Å². The molecule has 38 heavy (non-hydrogen) atoms. The molecule has 0 aromatic heterocycles. The lowest BCUT2D eigenvalue weighted by Crippen LogP contribution is -2.24. The van der Waals surface area contributed by atoms with E-state index in [2.05, 4.69) is 38.3 Å². The van der Waals surface area contributed by atoms with Gasteiger partial charge < -0.3 is 20.1 Å². The van der Waals surface area contributed by atoms with Crippen molar-refractivity contribution in [2.45, 2.75) is 79.1 Å². The summed E-state index contributed by atoms with van der Waals surface area (Å²) < 4.78 is 11.4. The Balaban J connectivity index is 1.47. The average Bonchev–Trinajstić information content (AvgIpc) is 2.90. The second-order valence-electron chi connectivity index (χ2n) is 10.7. The fraction of sp³-hybridized carbons (Fsp3) is 0.562. The number of hydrogen-bond donors (Lipinski definition) is 2. The molecule has 0 fully saturated rings. The molecule has 0 aliphatic carbocycles. The quantitative estimate of drug-likeness (QED) is 0.193. The van der Waals surface area contributed by atoms with Crippen LogP contribution < -0.4 is 20.1 Å². The third-order valence-corrected chi connectivity index (χ3v) is 6.34. The monoisotopic (exact) mass is 524 g/mol. The Bertz CT molecular complexity index is 846. The Morgan fingerprint density at radius 2 is 0.921 bits per heavy atom. The Kier molecular flexibility index (Phi) is 15.0. The maximum Gasteiger partial charge on any atom is 0.251 e. The van der Waals surface area contributed by atoms with Gasteiger partial charge in [0.15, 0.2) is 0 Å². The van der Waals surface area contributed by atoms with Gasteiger partial charge in [-0.3, -0.25) is 9.59 Å². The molecule has 0 aliphatic heterocycles. The van der Waals surface area contributed by atoms with Gasteiger partial charge in [-0.05, 0) is 86.1 Å². The van der Waals surface area contributed by atoms with Crippen LogP contribution in [-0.2, 0) is 0 Å². The number of amides is 2. The van der Waals surface area contributed by atoms with Gasteiger partial charge in [0, 0.05) is 24.2 Å². The smallest absolute Gasteiger partial charge is 0.251 e. The Morgan fingerprint density at radius 1 is 0.579 bits per heavy atom. The zero-order valence-corrected chi connectivity index (χ0v) is 23.9. The number of unbranched alkanes of at least 4 members (excludes halogenated alkanes) is 5. The van der Waals surface area contributed by atoms with E-state index in [4.69, 9.17) is 9.47 Å². The lowest BCUT2D eigenvalue weighted by Gasteiger charge is -2.09. The molecule has 0 aliphatic rings. The van der Waals surface area contributed by atoms with Gasteiger partial charge in [-0.25, -0.2) is 0 Å². The summed E-state index contributed by atoms with van der Waals surface area (Å²) >= 11 is 0. The van der Waals surface area contributed by atoms with Crippen molar-refractivity contribution in [1.82, 2.24) is 10.6 Å². The summed E-state index contributed by atoms with van der Waals surface area (Å²) in [4.78, 5) is 24.6. The van der Waals surface area contributed by atoms with E-state index in [-0.39, 0.29) is 11.8 Å². The number of rotatable bonds is 19. The first-order chi connectivity index (χ1) is 18.3. The maximum absolute atomic E-state index is 12.3. The summed E-state index contributed by atoms with van der Waals surface area (Å²) in [6, 6.07) is 14.7. The van der Waals surface area contributed by atoms with E-state index in [1.54, 1.807) is 0 Å². The summed E-state index contributed by atoms with van der Waals surface area (Å²) in [6.07, 6.45) is 8.40. The van der Waals surface area contributed by atoms with Gasteiger partial charge >= 0.3 is 0 Å². The Hall–Kier alpha value is -3.02. The van der Waals surface area contributed by atoms with Crippen molar-refractivity contribution in [1.29, 1.82) is 0 Å². The molecule has 0 unspecified atom stereocenters. The fourth-order valence-electron chi connectivity index (χ4n) is 3.80. The van der Waals surface area contributed by atoms with Crippen LogP contribution in [0.3, 0.4) is 0 Å². The summed E-state index contributed by atoms with van der Waals surface area (Å²) in [5.74, 6) is 2.76. The number of ether oxygens (including phenoxy) is 2. The molecule has 2 amide bonds. The highest BCUT2D eigenvalue weighted by atomic mass is 16.5. The standard InChI is InChI=1S/C32H48N2O4/c1-25(2)19-23-37-29-15-11-27(12-16-29)31(35)33-21-9-7-5-6-8-10-22-34-32(36)28-13-17-30(18-14-28)38-24-20-26(3)4/h11-18,25-26H,5-10,19-24H2,1-4H3,(H,33,35)(H,34,36). The van der Waals surface area contributed by atoms with E-state index in [0.29, 0.717) is 49.3 Å². The number of carbonyl (C=O) groups is 2. The van der Waals surface area contributed by atoms with Gasteiger partial charge in [-0.15, -0.1) is 0 Å². The molecule has 0 saturated carbocycles. The molecule has 6 heteroatoms. The lowest BCUT2D eigenvalue weighted by molar-refractivity contribution is 0.0944. The molecule has 6 nitrogen and oxygen atoms in total. The number of nitrogens with one attached hydrogen (secondary N) is 2. The Labute approximate surface area is 229 Å². The van der Waals surface area contributed by atoms with E-state index in [1.165, 1.54) is 0 Å². The predicted octanol–water partition coefficient (Wildman–Crippen LogP) is 7.04. The van der Waals surface area contributed by atoms with Crippen LogP contribution in [0.4, 0.5) is 0 Å². The van der Waals surface area contributed by atoms with Crippen molar-refractivity contribution in [3.05, 3.63) is 59.7 Å². The van der Waals surface area contributed by atoms with Crippen LogP contribution in [0.5, 0.6) is 11.5 Å². The highest BCUT2D eigenvalue weighted by Gasteiger charge is 2.07. The molecule has 0 bridgehead atoms. The van der Waals surface area contributed by atoms with Crippen molar-refractivity contribution < 1.29 is 19.1 Å². The first-order valence-corrected chi connectivity index (χ1v) is 14.4. The van der Waals surface area contributed by atoms with Crippen LogP contribution in [-0.4, -0.2) is 38.1 Å². The largest absolute Gasteiger partial charge is 0.494 e. The maximum atomic E-state index is 12.3. The molecule has 0 atom stereocenters. The second-order valence-corrected chi connectivity index (χ2v) is 10.7. The van der Waals surface area contributed by atoms with Gasteiger partial charge in [0.1, 0.15) is 11.5 Å². The van der Waals surface area contributed by atoms with Crippen LogP contribution in [0.25, 0.3) is 0 Å². The number of carbonyl (C=O) groups excluding carboxylic acids is 2. The minimum absolute atomic E-state index is 0.0391. The Morgan fingerprint density at radius 3 is 1.26 bits per heavy atom. The third kappa shape index (κ3) is 13.5. The molecule has 2 aromatic rings. The van der Waals surface area contributed by atoms with Gasteiger partial charge in [0.2, 0.25) is 0 Å². The molecule has 0 radical (unpaired) electrons. The van der Waals surface area contributed by atoms with Gasteiger partial charge in [-0.2, -0.15) is 0 Å². The molecule has 0 spiro atoms. The van der Waals surface area contributed by atoms with Crippen molar-refractivity contribution >= 4 is 11.8 Å². The van der Waals surface area contributed by atoms with Gasteiger partial charge in [0.05, 0.1) is 13.2 Å². The third-order valence-electron chi connectivity index (χ3n) is 6.34. The molecule has 0 heterocycles. The van der Waals surface area contributed by atoms with Crippen LogP contribution in [0.1, 0.15) is 99.8 Å². The van der Waals surface area contributed by atoms with Crippen molar-refractivity contribution in [2.24, 2.45) is 11.8 Å². The van der Waals surface area contributed by atoms with Gasteiger partial charge in [-0.1, -0.05) is 53.4 Å². The zero-order chi connectivity index (χ0) is 27.6. The number of benzene rings is 2. The summed E-state index contributed by atoms with van der Waals surface area (Å²) in [5, 5.41) is 6.00. The molecular weight excluding hydrogens is 476 g/mol. The van der Waals surface area contributed by atoms with E-state index in [1.807, 2.05) is 48.5 Å². The lowest BCUT2D eigenvalue weighted by atomic mass is 10.1. The highest BCUT2D eigenvalue weighted by Crippen LogP contribution is 2.15. The molecule has 0 saturated heterocycles. The number of hydrogen-bond acceptors (Lipinski definition) is 4. The first-order valence-electron chi connectivity index (χ1n) is 14.4. The predicted molar refractivity (Wildman–Crippen MR) is 155 cm³/mol. The molecule has 2 rings (SSSR count). The van der Waals surface area contributed by atoms with Crippen LogP contribution in [0, 0.1) is 11.8 Å². The minimum atomic E-state index is -0.0391. The van der Waals surface area contributed by atoms with E-state index >= 15 is 0 Å².